The monoisotopic (exact) mass is 429 g/mol. The second kappa shape index (κ2) is 7.85. The van der Waals surface area contributed by atoms with Gasteiger partial charge in [0.2, 0.25) is 21.8 Å². The number of likely N-dealkylation sites (N-methyl/N-ethyl adjacent to an activating group) is 2. The van der Waals surface area contributed by atoms with Crippen LogP contribution in [0, 0.1) is 6.92 Å². The third-order valence-corrected chi connectivity index (χ3v) is 7.33. The van der Waals surface area contributed by atoms with Crippen LogP contribution in [0.1, 0.15) is 30.5 Å². The number of rotatable bonds is 6. The summed E-state index contributed by atoms with van der Waals surface area (Å²) in [6, 6.07) is 12.4. The number of hydrogen-bond donors (Lipinski definition) is 1. The van der Waals surface area contributed by atoms with Crippen LogP contribution in [-0.2, 0) is 31.6 Å². The summed E-state index contributed by atoms with van der Waals surface area (Å²) < 4.78 is 27.0. The Labute approximate surface area is 177 Å². The normalized spacial score (nSPS) is 15.4. The molecule has 1 N–H and O–H groups in total. The SMILES string of the molecule is Cc1ccc(CNC(=O)CN(C)S(=O)(=O)c2ccc3c(c2)C(C)(C)C(=O)N3C)cc1. The van der Waals surface area contributed by atoms with Gasteiger partial charge in [0.1, 0.15) is 0 Å². The number of carbonyl (C=O) groups is 2. The Bertz CT molecular complexity index is 1090. The maximum absolute atomic E-state index is 13.0. The third kappa shape index (κ3) is 3.97. The van der Waals surface area contributed by atoms with Crippen LogP contribution in [0.2, 0.25) is 0 Å². The van der Waals surface area contributed by atoms with Crippen LogP contribution in [0.4, 0.5) is 5.69 Å². The molecule has 30 heavy (non-hydrogen) atoms. The van der Waals surface area contributed by atoms with E-state index < -0.39 is 21.3 Å². The summed E-state index contributed by atoms with van der Waals surface area (Å²) in [5, 5.41) is 2.74. The first-order chi connectivity index (χ1) is 13.9. The highest BCUT2D eigenvalue weighted by Crippen LogP contribution is 2.41. The van der Waals surface area contributed by atoms with Crippen LogP contribution in [0.5, 0.6) is 0 Å². The Morgan fingerprint density at radius 3 is 2.40 bits per heavy atom. The lowest BCUT2D eigenvalue weighted by molar-refractivity contribution is -0.122. The summed E-state index contributed by atoms with van der Waals surface area (Å²) in [5.41, 5.74) is 2.62. The van der Waals surface area contributed by atoms with Gasteiger partial charge in [0.05, 0.1) is 16.9 Å². The molecule has 160 valence electrons. The van der Waals surface area contributed by atoms with Gasteiger partial charge in [-0.15, -0.1) is 0 Å². The largest absolute Gasteiger partial charge is 0.351 e. The minimum atomic E-state index is -3.89. The lowest BCUT2D eigenvalue weighted by Crippen LogP contribution is -2.38. The number of carbonyl (C=O) groups excluding carboxylic acids is 2. The van der Waals surface area contributed by atoms with Crippen molar-refractivity contribution in [3.8, 4) is 0 Å². The van der Waals surface area contributed by atoms with E-state index in [1.54, 1.807) is 27.0 Å². The molecule has 0 spiro atoms. The quantitative estimate of drug-likeness (QED) is 0.763. The minimum absolute atomic E-state index is 0.0614. The van der Waals surface area contributed by atoms with Crippen molar-refractivity contribution in [1.82, 2.24) is 9.62 Å². The van der Waals surface area contributed by atoms with Crippen LogP contribution in [-0.4, -0.2) is 45.2 Å². The molecule has 0 bridgehead atoms. The maximum Gasteiger partial charge on any atom is 0.243 e. The van der Waals surface area contributed by atoms with Gasteiger partial charge in [-0.25, -0.2) is 8.42 Å². The van der Waals surface area contributed by atoms with Gasteiger partial charge >= 0.3 is 0 Å². The van der Waals surface area contributed by atoms with Crippen LogP contribution < -0.4 is 10.2 Å². The molecule has 0 fully saturated rings. The number of nitrogens with zero attached hydrogens (tertiary/aromatic N) is 2. The molecule has 0 aliphatic carbocycles. The molecule has 0 unspecified atom stereocenters. The van der Waals surface area contributed by atoms with Crippen molar-refractivity contribution in [2.24, 2.45) is 0 Å². The predicted molar refractivity (Wildman–Crippen MR) is 116 cm³/mol. The molecule has 2 amide bonds. The topological polar surface area (TPSA) is 86.8 Å². The number of benzene rings is 2. The Morgan fingerprint density at radius 2 is 1.77 bits per heavy atom. The van der Waals surface area contributed by atoms with Crippen LogP contribution in [0.15, 0.2) is 47.4 Å². The molecule has 0 saturated heterocycles. The molecule has 1 heterocycles. The third-order valence-electron chi connectivity index (χ3n) is 5.53. The van der Waals surface area contributed by atoms with E-state index in [0.29, 0.717) is 17.8 Å². The lowest BCUT2D eigenvalue weighted by Gasteiger charge is -2.19. The standard InChI is InChI=1S/C22H27N3O4S/c1-15-6-8-16(9-7-15)13-23-20(26)14-24(4)30(28,29)17-10-11-19-18(12-17)22(2,3)21(27)25(19)5/h6-12H,13-14H2,1-5H3,(H,23,26). The van der Waals surface area contributed by atoms with Gasteiger partial charge in [-0.1, -0.05) is 29.8 Å². The summed E-state index contributed by atoms with van der Waals surface area (Å²) in [7, 11) is -0.840. The van der Waals surface area contributed by atoms with Crippen molar-refractivity contribution in [3.63, 3.8) is 0 Å². The first-order valence-corrected chi connectivity index (χ1v) is 11.1. The molecular weight excluding hydrogens is 402 g/mol. The van der Waals surface area contributed by atoms with Crippen molar-refractivity contribution in [2.75, 3.05) is 25.5 Å². The molecule has 0 aromatic heterocycles. The summed E-state index contributed by atoms with van der Waals surface area (Å²) in [4.78, 5) is 26.3. The summed E-state index contributed by atoms with van der Waals surface area (Å²) >= 11 is 0. The fourth-order valence-corrected chi connectivity index (χ4v) is 4.70. The van der Waals surface area contributed by atoms with Crippen molar-refractivity contribution in [1.29, 1.82) is 0 Å². The van der Waals surface area contributed by atoms with Crippen LogP contribution in [0.25, 0.3) is 0 Å². The molecule has 3 rings (SSSR count). The molecular formula is C22H27N3O4S. The molecule has 7 nitrogen and oxygen atoms in total. The molecule has 8 heteroatoms. The Hall–Kier alpha value is -2.71. The second-order valence-electron chi connectivity index (χ2n) is 8.19. The van der Waals surface area contributed by atoms with Crippen molar-refractivity contribution < 1.29 is 18.0 Å². The summed E-state index contributed by atoms with van der Waals surface area (Å²) in [5.74, 6) is -0.478. The fraction of sp³-hybridized carbons (Fsp3) is 0.364. The van der Waals surface area contributed by atoms with E-state index >= 15 is 0 Å². The molecule has 1 aliphatic rings. The average molecular weight is 430 g/mol. The van der Waals surface area contributed by atoms with E-state index in [0.717, 1.165) is 15.4 Å². The van der Waals surface area contributed by atoms with Gasteiger partial charge in [0.25, 0.3) is 0 Å². The zero-order valence-electron chi connectivity index (χ0n) is 17.9. The molecule has 2 aromatic carbocycles. The van der Waals surface area contributed by atoms with Gasteiger partial charge in [0, 0.05) is 26.3 Å². The minimum Gasteiger partial charge on any atom is -0.351 e. The van der Waals surface area contributed by atoms with Crippen molar-refractivity contribution >= 4 is 27.5 Å². The number of sulfonamides is 1. The predicted octanol–water partition coefficient (Wildman–Crippen LogP) is 2.19. The van der Waals surface area contributed by atoms with E-state index in [2.05, 4.69) is 5.32 Å². The Morgan fingerprint density at radius 1 is 1.13 bits per heavy atom. The molecule has 0 radical (unpaired) electrons. The van der Waals surface area contributed by atoms with E-state index in [1.807, 2.05) is 31.2 Å². The van der Waals surface area contributed by atoms with Gasteiger partial charge in [-0.3, -0.25) is 9.59 Å². The van der Waals surface area contributed by atoms with Gasteiger partial charge in [-0.05, 0) is 50.1 Å². The smallest absolute Gasteiger partial charge is 0.243 e. The summed E-state index contributed by atoms with van der Waals surface area (Å²) in [6.07, 6.45) is 0. The number of fused-ring (bicyclic) bond motifs is 1. The molecule has 0 saturated carbocycles. The van der Waals surface area contributed by atoms with Crippen LogP contribution in [0.3, 0.4) is 0 Å². The maximum atomic E-state index is 13.0. The first-order valence-electron chi connectivity index (χ1n) is 9.66. The highest BCUT2D eigenvalue weighted by Gasteiger charge is 2.43. The number of aryl methyl sites for hydroxylation is 1. The number of amides is 2. The molecule has 1 aliphatic heterocycles. The Balaban J connectivity index is 1.72. The Kier molecular flexibility index (Phi) is 5.75. The second-order valence-corrected chi connectivity index (χ2v) is 10.2. The number of anilines is 1. The summed E-state index contributed by atoms with van der Waals surface area (Å²) in [6.45, 7) is 5.56. The van der Waals surface area contributed by atoms with Gasteiger partial charge in [-0.2, -0.15) is 4.31 Å². The lowest BCUT2D eigenvalue weighted by atomic mass is 9.86. The number of hydrogen-bond acceptors (Lipinski definition) is 4. The number of nitrogens with one attached hydrogen (secondary N) is 1. The van der Waals surface area contributed by atoms with E-state index in [-0.39, 0.29) is 17.3 Å². The highest BCUT2D eigenvalue weighted by molar-refractivity contribution is 7.89. The van der Waals surface area contributed by atoms with E-state index in [1.165, 1.54) is 24.1 Å². The van der Waals surface area contributed by atoms with Crippen LogP contribution >= 0.6 is 0 Å². The highest BCUT2D eigenvalue weighted by atomic mass is 32.2. The fourth-order valence-electron chi connectivity index (χ4n) is 3.54. The zero-order chi connectivity index (χ0) is 22.3. The van der Waals surface area contributed by atoms with Crippen molar-refractivity contribution in [3.05, 3.63) is 59.2 Å². The van der Waals surface area contributed by atoms with Gasteiger partial charge in [0.15, 0.2) is 0 Å². The molecule has 2 aromatic rings. The average Bonchev–Trinajstić information content (AvgIpc) is 2.87. The van der Waals surface area contributed by atoms with E-state index in [4.69, 9.17) is 0 Å². The van der Waals surface area contributed by atoms with Gasteiger partial charge < -0.3 is 10.2 Å². The molecule has 0 atom stereocenters. The zero-order valence-corrected chi connectivity index (χ0v) is 18.7. The first kappa shape index (κ1) is 22.0. The van der Waals surface area contributed by atoms with Crippen molar-refractivity contribution in [2.45, 2.75) is 37.6 Å². The van der Waals surface area contributed by atoms with E-state index in [9.17, 15) is 18.0 Å².